The van der Waals surface area contributed by atoms with Gasteiger partial charge in [0.05, 0.1) is 24.7 Å². The SMILES string of the molecule is CC(C)CC(C(=O)NN(CC(C)C)S(C)(=O)=O)[C@H](CCOc1ccccc1)C(=O)NO. The minimum atomic E-state index is -3.69. The van der Waals surface area contributed by atoms with E-state index in [0.717, 1.165) is 10.7 Å². The number of hydrazine groups is 1. The number of rotatable bonds is 13. The number of amides is 2. The summed E-state index contributed by atoms with van der Waals surface area (Å²) in [5, 5.41) is 9.24. The second-order valence-corrected chi connectivity index (χ2v) is 10.3. The van der Waals surface area contributed by atoms with Crippen LogP contribution in [-0.4, -0.2) is 49.3 Å². The molecule has 9 nitrogen and oxygen atoms in total. The molecule has 0 aromatic heterocycles. The third-order valence-corrected chi connectivity index (χ3v) is 5.64. The highest BCUT2D eigenvalue weighted by Crippen LogP contribution is 2.25. The number of benzene rings is 1. The van der Waals surface area contributed by atoms with E-state index in [1.165, 1.54) is 0 Å². The molecule has 0 bridgehead atoms. The van der Waals surface area contributed by atoms with E-state index in [9.17, 15) is 23.2 Å². The Bertz CT molecular complexity index is 799. The summed E-state index contributed by atoms with van der Waals surface area (Å²) < 4.78 is 30.8. The van der Waals surface area contributed by atoms with E-state index in [1.54, 1.807) is 17.6 Å². The monoisotopic (exact) mass is 457 g/mol. The van der Waals surface area contributed by atoms with E-state index in [1.807, 2.05) is 45.9 Å². The Morgan fingerprint density at radius 3 is 2.13 bits per heavy atom. The molecular formula is C21H35N3O6S. The summed E-state index contributed by atoms with van der Waals surface area (Å²) in [5.74, 6) is -2.42. The molecule has 0 radical (unpaired) electrons. The number of carbonyl (C=O) groups is 2. The fourth-order valence-electron chi connectivity index (χ4n) is 3.18. The summed E-state index contributed by atoms with van der Waals surface area (Å²) in [4.78, 5) is 25.5. The minimum Gasteiger partial charge on any atom is -0.494 e. The summed E-state index contributed by atoms with van der Waals surface area (Å²) in [6, 6.07) is 9.03. The molecule has 0 heterocycles. The second-order valence-electron chi connectivity index (χ2n) is 8.43. The maximum atomic E-state index is 13.1. The minimum absolute atomic E-state index is 0.0191. The van der Waals surface area contributed by atoms with Crippen LogP contribution in [0.15, 0.2) is 30.3 Å². The summed E-state index contributed by atoms with van der Waals surface area (Å²) >= 11 is 0. The molecule has 176 valence electrons. The lowest BCUT2D eigenvalue weighted by Gasteiger charge is -2.29. The van der Waals surface area contributed by atoms with Crippen molar-refractivity contribution in [2.75, 3.05) is 19.4 Å². The van der Waals surface area contributed by atoms with Crippen LogP contribution in [-0.2, 0) is 19.6 Å². The quantitative estimate of drug-likeness (QED) is 0.308. The lowest BCUT2D eigenvalue weighted by molar-refractivity contribution is -0.142. The van der Waals surface area contributed by atoms with Gasteiger partial charge in [0.2, 0.25) is 21.8 Å². The first-order valence-electron chi connectivity index (χ1n) is 10.4. The van der Waals surface area contributed by atoms with Gasteiger partial charge in [0, 0.05) is 6.54 Å². The zero-order valence-corrected chi connectivity index (χ0v) is 19.7. The van der Waals surface area contributed by atoms with Crippen molar-refractivity contribution in [3.63, 3.8) is 0 Å². The highest BCUT2D eigenvalue weighted by atomic mass is 32.2. The van der Waals surface area contributed by atoms with Gasteiger partial charge in [-0.3, -0.25) is 20.2 Å². The summed E-state index contributed by atoms with van der Waals surface area (Å²) in [6.45, 7) is 7.71. The van der Waals surface area contributed by atoms with Gasteiger partial charge in [-0.05, 0) is 36.8 Å². The zero-order valence-electron chi connectivity index (χ0n) is 18.9. The molecule has 0 spiro atoms. The number of hydroxylamine groups is 1. The standard InChI is InChI=1S/C21H35N3O6S/c1-15(2)13-19(20(25)22-24(14-16(3)4)31(5,28)29)18(21(26)23-27)11-12-30-17-9-7-6-8-10-17/h6-10,15-16,18-19,27H,11-14H2,1-5H3,(H,22,25)(H,23,26)/t18-,19?/m0/s1. The number of sulfonamides is 1. The van der Waals surface area contributed by atoms with Crippen LogP contribution in [0.5, 0.6) is 5.75 Å². The van der Waals surface area contributed by atoms with Crippen LogP contribution in [0.4, 0.5) is 0 Å². The predicted molar refractivity (Wildman–Crippen MR) is 117 cm³/mol. The van der Waals surface area contributed by atoms with E-state index < -0.39 is 33.7 Å². The van der Waals surface area contributed by atoms with Crippen LogP contribution in [0.3, 0.4) is 0 Å². The Balaban J connectivity index is 3.04. The second kappa shape index (κ2) is 12.6. The van der Waals surface area contributed by atoms with Crippen LogP contribution in [0.2, 0.25) is 0 Å². The van der Waals surface area contributed by atoms with Crippen molar-refractivity contribution in [2.24, 2.45) is 23.7 Å². The molecule has 2 amide bonds. The van der Waals surface area contributed by atoms with Crippen LogP contribution >= 0.6 is 0 Å². The number of carbonyl (C=O) groups excluding carboxylic acids is 2. The van der Waals surface area contributed by atoms with Crippen molar-refractivity contribution >= 4 is 21.8 Å². The molecule has 1 aromatic rings. The molecule has 1 aromatic carbocycles. The van der Waals surface area contributed by atoms with Crippen LogP contribution < -0.4 is 15.6 Å². The van der Waals surface area contributed by atoms with Gasteiger partial charge in [0.1, 0.15) is 5.75 Å². The zero-order chi connectivity index (χ0) is 23.6. The maximum Gasteiger partial charge on any atom is 0.247 e. The molecule has 0 aliphatic carbocycles. The Morgan fingerprint density at radius 1 is 1.03 bits per heavy atom. The molecule has 2 atom stereocenters. The molecule has 1 unspecified atom stereocenters. The third kappa shape index (κ3) is 9.67. The number of para-hydroxylation sites is 1. The first-order valence-corrected chi connectivity index (χ1v) is 12.2. The van der Waals surface area contributed by atoms with Gasteiger partial charge < -0.3 is 4.74 Å². The number of nitrogens with one attached hydrogen (secondary N) is 2. The number of hydrogen-bond acceptors (Lipinski definition) is 6. The highest BCUT2D eigenvalue weighted by molar-refractivity contribution is 7.88. The number of hydrogen-bond donors (Lipinski definition) is 3. The highest BCUT2D eigenvalue weighted by Gasteiger charge is 2.36. The van der Waals surface area contributed by atoms with Crippen molar-refractivity contribution in [1.29, 1.82) is 0 Å². The van der Waals surface area contributed by atoms with E-state index in [-0.39, 0.29) is 31.4 Å². The fraction of sp³-hybridized carbons (Fsp3) is 0.619. The number of ether oxygens (including phenoxy) is 1. The molecule has 3 N–H and O–H groups in total. The van der Waals surface area contributed by atoms with Crippen molar-refractivity contribution in [3.05, 3.63) is 30.3 Å². The third-order valence-electron chi connectivity index (χ3n) is 4.60. The summed E-state index contributed by atoms with van der Waals surface area (Å²) in [5.41, 5.74) is 4.10. The number of nitrogens with zero attached hydrogens (tertiary/aromatic N) is 1. The van der Waals surface area contributed by atoms with Crippen molar-refractivity contribution in [2.45, 2.75) is 40.5 Å². The smallest absolute Gasteiger partial charge is 0.247 e. The van der Waals surface area contributed by atoms with E-state index in [4.69, 9.17) is 4.74 Å². The van der Waals surface area contributed by atoms with Crippen LogP contribution in [0.25, 0.3) is 0 Å². The summed E-state index contributed by atoms with van der Waals surface area (Å²) in [6.07, 6.45) is 1.50. The van der Waals surface area contributed by atoms with Gasteiger partial charge >= 0.3 is 0 Å². The molecule has 10 heteroatoms. The van der Waals surface area contributed by atoms with Crippen LogP contribution in [0.1, 0.15) is 40.5 Å². The van der Waals surface area contributed by atoms with Gasteiger partial charge in [-0.15, -0.1) is 4.41 Å². The molecule has 0 saturated heterocycles. The van der Waals surface area contributed by atoms with Crippen LogP contribution in [0, 0.1) is 23.7 Å². The molecule has 31 heavy (non-hydrogen) atoms. The van der Waals surface area contributed by atoms with E-state index >= 15 is 0 Å². The molecular weight excluding hydrogens is 422 g/mol. The first-order chi connectivity index (χ1) is 14.5. The van der Waals surface area contributed by atoms with E-state index in [0.29, 0.717) is 12.2 Å². The van der Waals surface area contributed by atoms with Gasteiger partial charge in [-0.2, -0.15) is 0 Å². The van der Waals surface area contributed by atoms with Gasteiger partial charge in [-0.25, -0.2) is 13.9 Å². The lowest BCUT2D eigenvalue weighted by Crippen LogP contribution is -2.52. The van der Waals surface area contributed by atoms with E-state index in [2.05, 4.69) is 5.43 Å². The molecule has 0 fully saturated rings. The molecule has 0 aliphatic heterocycles. The Labute approximate surface area is 185 Å². The fourth-order valence-corrected chi connectivity index (χ4v) is 4.01. The summed E-state index contributed by atoms with van der Waals surface area (Å²) in [7, 11) is -3.69. The Kier molecular flexibility index (Phi) is 10.9. The van der Waals surface area contributed by atoms with Gasteiger partial charge in [0.25, 0.3) is 0 Å². The van der Waals surface area contributed by atoms with Crippen molar-refractivity contribution in [1.82, 2.24) is 15.3 Å². The average Bonchev–Trinajstić information content (AvgIpc) is 2.68. The largest absolute Gasteiger partial charge is 0.494 e. The van der Waals surface area contributed by atoms with Gasteiger partial charge in [0.15, 0.2) is 0 Å². The van der Waals surface area contributed by atoms with Gasteiger partial charge in [-0.1, -0.05) is 45.9 Å². The topological polar surface area (TPSA) is 125 Å². The first kappa shape index (κ1) is 26.9. The molecule has 0 aliphatic rings. The predicted octanol–water partition coefficient (Wildman–Crippen LogP) is 2.19. The van der Waals surface area contributed by atoms with Crippen molar-refractivity contribution < 1.29 is 28.0 Å². The Morgan fingerprint density at radius 2 is 1.65 bits per heavy atom. The average molecular weight is 458 g/mol. The molecule has 1 rings (SSSR count). The van der Waals surface area contributed by atoms with Crippen molar-refractivity contribution in [3.8, 4) is 5.75 Å². The molecule has 0 saturated carbocycles. The Hall–Kier alpha value is -2.17. The lowest BCUT2D eigenvalue weighted by atomic mass is 9.82. The maximum absolute atomic E-state index is 13.1. The normalized spacial score (nSPS) is 13.8.